The number of ether oxygens (including phenoxy) is 1. The molecule has 0 unspecified atom stereocenters. The highest BCUT2D eigenvalue weighted by molar-refractivity contribution is 7.11. The average molecular weight is 297 g/mol. The fraction of sp³-hybridized carbons (Fsp3) is 0.643. The van der Waals surface area contributed by atoms with Gasteiger partial charge in [-0.25, -0.2) is 4.79 Å². The van der Waals surface area contributed by atoms with E-state index in [0.29, 0.717) is 19.1 Å². The van der Waals surface area contributed by atoms with Crippen molar-refractivity contribution in [1.82, 2.24) is 15.5 Å². The van der Waals surface area contributed by atoms with Crippen molar-refractivity contribution in [3.8, 4) is 0 Å². The van der Waals surface area contributed by atoms with Crippen LogP contribution in [0.1, 0.15) is 16.7 Å². The highest BCUT2D eigenvalue weighted by atomic mass is 32.1. The molecule has 0 radical (unpaired) electrons. The summed E-state index contributed by atoms with van der Waals surface area (Å²) in [6.07, 6.45) is 0. The van der Waals surface area contributed by atoms with Gasteiger partial charge in [-0.1, -0.05) is 0 Å². The predicted octanol–water partition coefficient (Wildman–Crippen LogP) is 1.58. The number of amides is 2. The molecule has 2 rings (SSSR count). The molecular weight excluding hydrogens is 274 g/mol. The van der Waals surface area contributed by atoms with E-state index in [2.05, 4.69) is 41.5 Å². The average Bonchev–Trinajstić information content (AvgIpc) is 2.89. The molecule has 0 spiro atoms. The second-order valence-corrected chi connectivity index (χ2v) is 6.45. The van der Waals surface area contributed by atoms with Crippen molar-refractivity contribution < 1.29 is 9.53 Å². The Morgan fingerprint density at radius 3 is 2.80 bits per heavy atom. The second kappa shape index (κ2) is 7.61. The number of hydrogen-bond donors (Lipinski definition) is 2. The molecule has 6 heteroatoms. The summed E-state index contributed by atoms with van der Waals surface area (Å²) in [7, 11) is 0. The molecule has 1 fully saturated rings. The van der Waals surface area contributed by atoms with Crippen molar-refractivity contribution in [3.05, 3.63) is 21.9 Å². The number of rotatable bonds is 5. The molecule has 2 heterocycles. The van der Waals surface area contributed by atoms with Gasteiger partial charge in [0.25, 0.3) is 0 Å². The van der Waals surface area contributed by atoms with Gasteiger partial charge in [0, 0.05) is 35.4 Å². The summed E-state index contributed by atoms with van der Waals surface area (Å²) in [5.41, 5.74) is 0. The summed E-state index contributed by atoms with van der Waals surface area (Å²) in [6, 6.07) is 4.36. The number of nitrogens with zero attached hydrogens (tertiary/aromatic N) is 1. The summed E-state index contributed by atoms with van der Waals surface area (Å²) in [5, 5.41) is 5.82. The first-order valence-electron chi connectivity index (χ1n) is 7.04. The Balaban J connectivity index is 1.64. The van der Waals surface area contributed by atoms with Crippen LogP contribution in [0.15, 0.2) is 12.1 Å². The van der Waals surface area contributed by atoms with Gasteiger partial charge in [-0.2, -0.15) is 0 Å². The summed E-state index contributed by atoms with van der Waals surface area (Å²) < 4.78 is 5.32. The van der Waals surface area contributed by atoms with E-state index in [-0.39, 0.29) is 6.03 Å². The van der Waals surface area contributed by atoms with Gasteiger partial charge in [0.15, 0.2) is 0 Å². The van der Waals surface area contributed by atoms with Crippen LogP contribution in [0.4, 0.5) is 4.79 Å². The second-order valence-electron chi connectivity index (χ2n) is 5.07. The molecule has 1 aromatic heterocycles. The molecule has 112 valence electrons. The van der Waals surface area contributed by atoms with Gasteiger partial charge in [-0.3, -0.25) is 4.90 Å². The first kappa shape index (κ1) is 15.3. The maximum atomic E-state index is 11.7. The molecule has 1 aromatic rings. The minimum absolute atomic E-state index is 0.101. The normalized spacial score (nSPS) is 17.7. The van der Waals surface area contributed by atoms with Gasteiger partial charge in [0.05, 0.1) is 19.8 Å². The van der Waals surface area contributed by atoms with E-state index in [4.69, 9.17) is 4.74 Å². The molecular formula is C14H23N3O2S. The Labute approximate surface area is 124 Å². The number of morpholine rings is 1. The minimum Gasteiger partial charge on any atom is -0.379 e. The van der Waals surface area contributed by atoms with E-state index in [0.717, 1.165) is 26.3 Å². The summed E-state index contributed by atoms with van der Waals surface area (Å²) in [5.74, 6) is 0. The van der Waals surface area contributed by atoms with E-state index in [9.17, 15) is 4.79 Å². The third kappa shape index (κ3) is 4.77. The lowest BCUT2D eigenvalue weighted by atomic mass is 10.2. The van der Waals surface area contributed by atoms with Gasteiger partial charge in [-0.05, 0) is 26.0 Å². The van der Waals surface area contributed by atoms with Crippen LogP contribution in [0.5, 0.6) is 0 Å². The topological polar surface area (TPSA) is 53.6 Å². The highest BCUT2D eigenvalue weighted by Gasteiger charge is 2.17. The Bertz CT molecular complexity index is 430. The third-order valence-corrected chi connectivity index (χ3v) is 4.45. The Morgan fingerprint density at radius 2 is 2.15 bits per heavy atom. The van der Waals surface area contributed by atoms with Crippen LogP contribution in [-0.4, -0.2) is 49.8 Å². The van der Waals surface area contributed by atoms with Crippen molar-refractivity contribution in [2.45, 2.75) is 26.4 Å². The molecule has 5 nitrogen and oxygen atoms in total. The van der Waals surface area contributed by atoms with Crippen LogP contribution in [0.25, 0.3) is 0 Å². The van der Waals surface area contributed by atoms with E-state index in [1.807, 2.05) is 0 Å². The van der Waals surface area contributed by atoms with Crippen LogP contribution < -0.4 is 10.6 Å². The molecule has 0 bridgehead atoms. The maximum absolute atomic E-state index is 11.7. The number of hydrogen-bond acceptors (Lipinski definition) is 4. The Hall–Kier alpha value is -1.11. The fourth-order valence-electron chi connectivity index (χ4n) is 2.20. The van der Waals surface area contributed by atoms with Crippen molar-refractivity contribution >= 4 is 17.4 Å². The minimum atomic E-state index is -0.101. The zero-order valence-electron chi connectivity index (χ0n) is 12.1. The number of carbonyl (C=O) groups is 1. The lowest BCUT2D eigenvalue weighted by molar-refractivity contribution is 0.0209. The number of urea groups is 1. The SMILES string of the molecule is Cc1ccc(CNC(=O)NC[C@H](C)N2CCOCC2)s1. The molecule has 0 aromatic carbocycles. The van der Waals surface area contributed by atoms with Crippen molar-refractivity contribution in [1.29, 1.82) is 0 Å². The number of nitrogens with one attached hydrogen (secondary N) is 2. The molecule has 1 atom stereocenters. The van der Waals surface area contributed by atoms with E-state index >= 15 is 0 Å². The molecule has 1 saturated heterocycles. The molecule has 1 aliphatic heterocycles. The van der Waals surface area contributed by atoms with Gasteiger partial charge >= 0.3 is 6.03 Å². The van der Waals surface area contributed by atoms with Crippen LogP contribution in [0, 0.1) is 6.92 Å². The van der Waals surface area contributed by atoms with E-state index in [1.165, 1.54) is 9.75 Å². The Kier molecular flexibility index (Phi) is 5.82. The number of carbonyl (C=O) groups excluding carboxylic acids is 1. The van der Waals surface area contributed by atoms with Crippen LogP contribution in [0.3, 0.4) is 0 Å². The smallest absolute Gasteiger partial charge is 0.315 e. The maximum Gasteiger partial charge on any atom is 0.315 e. The van der Waals surface area contributed by atoms with Gasteiger partial charge in [-0.15, -0.1) is 11.3 Å². The van der Waals surface area contributed by atoms with E-state index in [1.54, 1.807) is 11.3 Å². The van der Waals surface area contributed by atoms with Gasteiger partial charge in [0.2, 0.25) is 0 Å². The van der Waals surface area contributed by atoms with Crippen molar-refractivity contribution in [2.24, 2.45) is 0 Å². The number of thiophene rings is 1. The molecule has 1 aliphatic rings. The van der Waals surface area contributed by atoms with Crippen LogP contribution >= 0.6 is 11.3 Å². The summed E-state index contributed by atoms with van der Waals surface area (Å²) in [4.78, 5) is 16.5. The van der Waals surface area contributed by atoms with Gasteiger partial charge in [0.1, 0.15) is 0 Å². The molecule has 2 N–H and O–H groups in total. The van der Waals surface area contributed by atoms with Gasteiger partial charge < -0.3 is 15.4 Å². The molecule has 0 aliphatic carbocycles. The first-order valence-corrected chi connectivity index (χ1v) is 7.85. The predicted molar refractivity (Wildman–Crippen MR) is 81.1 cm³/mol. The zero-order chi connectivity index (χ0) is 14.4. The standard InChI is InChI=1S/C14H23N3O2S/c1-11(17-5-7-19-8-6-17)9-15-14(18)16-10-13-4-3-12(2)20-13/h3-4,11H,5-10H2,1-2H3,(H2,15,16,18)/t11-/m0/s1. The molecule has 0 saturated carbocycles. The first-order chi connectivity index (χ1) is 9.65. The fourth-order valence-corrected chi connectivity index (χ4v) is 3.03. The van der Waals surface area contributed by atoms with Crippen molar-refractivity contribution in [2.75, 3.05) is 32.8 Å². The largest absolute Gasteiger partial charge is 0.379 e. The lowest BCUT2D eigenvalue weighted by Crippen LogP contribution is -2.48. The van der Waals surface area contributed by atoms with Crippen LogP contribution in [0.2, 0.25) is 0 Å². The molecule has 20 heavy (non-hydrogen) atoms. The highest BCUT2D eigenvalue weighted by Crippen LogP contribution is 2.14. The summed E-state index contributed by atoms with van der Waals surface area (Å²) >= 11 is 1.71. The number of aryl methyl sites for hydroxylation is 1. The zero-order valence-corrected chi connectivity index (χ0v) is 13.0. The van der Waals surface area contributed by atoms with Crippen molar-refractivity contribution in [3.63, 3.8) is 0 Å². The van der Waals surface area contributed by atoms with E-state index < -0.39 is 0 Å². The quantitative estimate of drug-likeness (QED) is 0.867. The Morgan fingerprint density at radius 1 is 1.40 bits per heavy atom. The molecule has 2 amide bonds. The van der Waals surface area contributed by atoms with Crippen LogP contribution in [-0.2, 0) is 11.3 Å². The lowest BCUT2D eigenvalue weighted by Gasteiger charge is -2.32. The summed E-state index contributed by atoms with van der Waals surface area (Å²) in [6.45, 7) is 8.92. The monoisotopic (exact) mass is 297 g/mol. The third-order valence-electron chi connectivity index (χ3n) is 3.45.